The van der Waals surface area contributed by atoms with Crippen LogP contribution in [0.3, 0.4) is 0 Å². The van der Waals surface area contributed by atoms with Crippen molar-refractivity contribution in [3.8, 4) is 0 Å². The SMILES string of the molecule is CC[C@H]1OC(=O)[C@H](C)[C@@H](O)[C@H](C)C[C@@H](C)C[C@@H](C)C(=O)C[C@@H](O)[C@H]1C. The summed E-state index contributed by atoms with van der Waals surface area (Å²) in [7, 11) is 0. The molecule has 1 rings (SSSR count). The Labute approximate surface area is 152 Å². The fraction of sp³-hybridized carbons (Fsp3) is 0.900. The molecule has 0 spiro atoms. The molecule has 0 saturated carbocycles. The number of hydrogen-bond acceptors (Lipinski definition) is 5. The highest BCUT2D eigenvalue weighted by atomic mass is 16.5. The van der Waals surface area contributed by atoms with Crippen molar-refractivity contribution in [3.05, 3.63) is 0 Å². The van der Waals surface area contributed by atoms with Crippen LogP contribution >= 0.6 is 0 Å². The lowest BCUT2D eigenvalue weighted by atomic mass is 9.81. The van der Waals surface area contributed by atoms with Crippen molar-refractivity contribution >= 4 is 11.8 Å². The molecule has 1 heterocycles. The van der Waals surface area contributed by atoms with Crippen LogP contribution in [0.25, 0.3) is 0 Å². The van der Waals surface area contributed by atoms with Gasteiger partial charge in [-0.3, -0.25) is 9.59 Å². The van der Waals surface area contributed by atoms with Crippen molar-refractivity contribution in [2.75, 3.05) is 0 Å². The summed E-state index contributed by atoms with van der Waals surface area (Å²) in [4.78, 5) is 24.9. The van der Waals surface area contributed by atoms with Crippen LogP contribution in [0.5, 0.6) is 0 Å². The molecule has 0 bridgehead atoms. The molecule has 8 atom stereocenters. The number of aliphatic hydroxyl groups excluding tert-OH is 2. The number of ether oxygens (including phenoxy) is 1. The fourth-order valence-corrected chi connectivity index (χ4v) is 3.90. The van der Waals surface area contributed by atoms with Crippen molar-refractivity contribution in [1.82, 2.24) is 0 Å². The predicted octanol–water partition coefficient (Wildman–Crippen LogP) is 2.96. The molecule has 2 N–H and O–H groups in total. The maximum Gasteiger partial charge on any atom is 0.311 e. The summed E-state index contributed by atoms with van der Waals surface area (Å²) in [5, 5.41) is 20.9. The van der Waals surface area contributed by atoms with E-state index in [4.69, 9.17) is 4.74 Å². The molecule has 0 unspecified atom stereocenters. The second-order valence-electron chi connectivity index (χ2n) is 8.21. The molecule has 0 aromatic heterocycles. The fourth-order valence-electron chi connectivity index (χ4n) is 3.90. The van der Waals surface area contributed by atoms with Crippen LogP contribution in [0.1, 0.15) is 67.2 Å². The monoisotopic (exact) mass is 356 g/mol. The van der Waals surface area contributed by atoms with E-state index in [0.29, 0.717) is 6.42 Å². The zero-order valence-electron chi connectivity index (χ0n) is 16.6. The minimum Gasteiger partial charge on any atom is -0.462 e. The summed E-state index contributed by atoms with van der Waals surface area (Å²) in [6, 6.07) is 0. The first kappa shape index (κ1) is 22.1. The highest BCUT2D eigenvalue weighted by Gasteiger charge is 2.34. The minimum atomic E-state index is -0.829. The van der Waals surface area contributed by atoms with Gasteiger partial charge in [-0.1, -0.05) is 34.6 Å². The number of cyclic esters (lactones) is 1. The summed E-state index contributed by atoms with van der Waals surface area (Å²) in [5.74, 6) is -1.24. The van der Waals surface area contributed by atoms with Crippen LogP contribution in [-0.2, 0) is 14.3 Å². The Balaban J connectivity index is 3.04. The highest BCUT2D eigenvalue weighted by Crippen LogP contribution is 2.28. The second kappa shape index (κ2) is 9.67. The molecular formula is C20H36O5. The highest BCUT2D eigenvalue weighted by molar-refractivity contribution is 5.81. The summed E-state index contributed by atoms with van der Waals surface area (Å²) >= 11 is 0. The standard InChI is InChI=1S/C20H36O5/c1-7-18-14(5)17(22)10-16(21)12(3)8-11(2)9-13(4)19(23)15(6)20(24)25-18/h11-15,17-19,22-23H,7-10H2,1-6H3/t11-,12+,13+,14+,15+,17+,18+,19-/m0/s1. The van der Waals surface area contributed by atoms with Crippen LogP contribution in [0.4, 0.5) is 0 Å². The Kier molecular flexibility index (Phi) is 8.55. The minimum absolute atomic E-state index is 0.0472. The molecule has 0 amide bonds. The van der Waals surface area contributed by atoms with Gasteiger partial charge in [-0.05, 0) is 38.0 Å². The average Bonchev–Trinajstić information content (AvgIpc) is 2.55. The lowest BCUT2D eigenvalue weighted by molar-refractivity contribution is -0.163. The number of hydrogen-bond donors (Lipinski definition) is 2. The zero-order valence-corrected chi connectivity index (χ0v) is 16.6. The number of ketones is 1. The predicted molar refractivity (Wildman–Crippen MR) is 96.9 cm³/mol. The third-order valence-corrected chi connectivity index (χ3v) is 5.82. The third-order valence-electron chi connectivity index (χ3n) is 5.82. The lowest BCUT2D eigenvalue weighted by Crippen LogP contribution is -2.40. The smallest absolute Gasteiger partial charge is 0.311 e. The van der Waals surface area contributed by atoms with Crippen molar-refractivity contribution in [1.29, 1.82) is 0 Å². The van der Waals surface area contributed by atoms with Crippen LogP contribution < -0.4 is 0 Å². The maximum absolute atomic E-state index is 12.4. The number of rotatable bonds is 1. The molecule has 0 radical (unpaired) electrons. The number of carbonyl (C=O) groups is 2. The Hall–Kier alpha value is -0.940. The van der Waals surface area contributed by atoms with Gasteiger partial charge in [-0.15, -0.1) is 0 Å². The molecule has 0 aliphatic carbocycles. The van der Waals surface area contributed by atoms with Crippen LogP contribution in [0.15, 0.2) is 0 Å². The number of aliphatic hydroxyl groups is 2. The first-order valence-corrected chi connectivity index (χ1v) is 9.67. The Bertz CT molecular complexity index is 449. The van der Waals surface area contributed by atoms with E-state index >= 15 is 0 Å². The topological polar surface area (TPSA) is 83.8 Å². The van der Waals surface area contributed by atoms with Gasteiger partial charge >= 0.3 is 5.97 Å². The van der Waals surface area contributed by atoms with E-state index in [1.165, 1.54) is 0 Å². The van der Waals surface area contributed by atoms with Crippen LogP contribution in [0.2, 0.25) is 0 Å². The molecule has 146 valence electrons. The maximum atomic E-state index is 12.4. The molecule has 0 aromatic carbocycles. The molecule has 5 heteroatoms. The van der Waals surface area contributed by atoms with E-state index in [-0.39, 0.29) is 35.9 Å². The molecule has 25 heavy (non-hydrogen) atoms. The molecule has 0 aromatic rings. The summed E-state index contributed by atoms with van der Waals surface area (Å²) in [6.07, 6.45) is 0.0590. The van der Waals surface area contributed by atoms with Crippen molar-refractivity contribution in [2.24, 2.45) is 29.6 Å². The van der Waals surface area contributed by atoms with Gasteiger partial charge in [-0.25, -0.2) is 0 Å². The number of Topliss-reactive ketones (excluding diaryl/α,β-unsaturated/α-hetero) is 1. The van der Waals surface area contributed by atoms with Gasteiger partial charge in [0.05, 0.1) is 18.1 Å². The molecule has 1 saturated heterocycles. The average molecular weight is 357 g/mol. The van der Waals surface area contributed by atoms with Crippen LogP contribution in [-0.4, -0.2) is 40.3 Å². The Morgan fingerprint density at radius 1 is 1.04 bits per heavy atom. The summed E-state index contributed by atoms with van der Waals surface area (Å²) < 4.78 is 5.58. The van der Waals surface area contributed by atoms with Gasteiger partial charge < -0.3 is 14.9 Å². The van der Waals surface area contributed by atoms with Gasteiger partial charge in [0.2, 0.25) is 0 Å². The van der Waals surface area contributed by atoms with E-state index < -0.39 is 30.2 Å². The summed E-state index contributed by atoms with van der Waals surface area (Å²) in [5.41, 5.74) is 0. The van der Waals surface area contributed by atoms with Crippen molar-refractivity contribution < 1.29 is 24.5 Å². The van der Waals surface area contributed by atoms with Gasteiger partial charge in [0.25, 0.3) is 0 Å². The lowest BCUT2D eigenvalue weighted by Gasteiger charge is -2.32. The van der Waals surface area contributed by atoms with Crippen LogP contribution in [0, 0.1) is 29.6 Å². The number of carbonyl (C=O) groups excluding carboxylic acids is 2. The molecule has 1 fully saturated rings. The van der Waals surface area contributed by atoms with E-state index in [0.717, 1.165) is 12.8 Å². The van der Waals surface area contributed by atoms with Crippen molar-refractivity contribution in [2.45, 2.75) is 85.5 Å². The molecule has 5 nitrogen and oxygen atoms in total. The van der Waals surface area contributed by atoms with Gasteiger partial charge in [0.1, 0.15) is 11.9 Å². The number of esters is 1. The Morgan fingerprint density at radius 2 is 1.64 bits per heavy atom. The normalized spacial score (nSPS) is 42.6. The van der Waals surface area contributed by atoms with Gasteiger partial charge in [-0.2, -0.15) is 0 Å². The second-order valence-corrected chi connectivity index (χ2v) is 8.21. The molecule has 1 aliphatic heterocycles. The van der Waals surface area contributed by atoms with E-state index in [1.54, 1.807) is 6.92 Å². The van der Waals surface area contributed by atoms with E-state index in [1.807, 2.05) is 27.7 Å². The largest absolute Gasteiger partial charge is 0.462 e. The third kappa shape index (κ3) is 6.07. The first-order chi connectivity index (χ1) is 11.6. The van der Waals surface area contributed by atoms with Gasteiger partial charge in [0.15, 0.2) is 0 Å². The zero-order chi connectivity index (χ0) is 19.3. The van der Waals surface area contributed by atoms with Crippen molar-refractivity contribution in [3.63, 3.8) is 0 Å². The molecular weight excluding hydrogens is 320 g/mol. The quantitative estimate of drug-likeness (QED) is 0.706. The van der Waals surface area contributed by atoms with E-state index in [9.17, 15) is 19.8 Å². The van der Waals surface area contributed by atoms with E-state index in [2.05, 4.69) is 6.92 Å². The molecule has 1 aliphatic rings. The first-order valence-electron chi connectivity index (χ1n) is 9.67. The summed E-state index contributed by atoms with van der Waals surface area (Å²) in [6.45, 7) is 11.3. The van der Waals surface area contributed by atoms with Gasteiger partial charge in [0, 0.05) is 18.3 Å². The Morgan fingerprint density at radius 3 is 2.20 bits per heavy atom.